The van der Waals surface area contributed by atoms with Gasteiger partial charge in [0.1, 0.15) is 0 Å². The minimum Gasteiger partial charge on any atom is -0.381 e. The van der Waals surface area contributed by atoms with E-state index in [-0.39, 0.29) is 29.5 Å². The molecule has 0 aromatic rings. The van der Waals surface area contributed by atoms with Gasteiger partial charge < -0.3 is 19.7 Å². The van der Waals surface area contributed by atoms with E-state index in [1.807, 2.05) is 0 Å². The SMILES string of the molecule is CCNC(=NCCCOCC1CCOC1)N1CC(C)(C)C1(C)C.I. The lowest BCUT2D eigenvalue weighted by Gasteiger charge is -2.62. The minimum atomic E-state index is 0. The molecule has 142 valence electrons. The Labute approximate surface area is 165 Å². The molecule has 1 atom stereocenters. The first-order valence-electron chi connectivity index (χ1n) is 9.10. The molecule has 5 nitrogen and oxygen atoms in total. The van der Waals surface area contributed by atoms with Gasteiger partial charge in [-0.1, -0.05) is 13.8 Å². The first-order valence-corrected chi connectivity index (χ1v) is 9.10. The van der Waals surface area contributed by atoms with Crippen LogP contribution in [0.4, 0.5) is 0 Å². The fourth-order valence-corrected chi connectivity index (χ4v) is 3.11. The lowest BCUT2D eigenvalue weighted by molar-refractivity contribution is -0.0667. The summed E-state index contributed by atoms with van der Waals surface area (Å²) in [5.41, 5.74) is 0.475. The smallest absolute Gasteiger partial charge is 0.194 e. The summed E-state index contributed by atoms with van der Waals surface area (Å²) >= 11 is 0. The normalized spacial score (nSPS) is 25.1. The standard InChI is InChI=1S/C18H35N3O2.HI/c1-6-19-16(21-14-17(2,3)18(21,4)5)20-9-7-10-22-12-15-8-11-23-13-15;/h15H,6-14H2,1-5H3,(H,19,20);1H. The predicted molar refractivity (Wildman–Crippen MR) is 110 cm³/mol. The Balaban J connectivity index is 0.00000288. The number of guanidine groups is 1. The van der Waals surface area contributed by atoms with Crippen molar-refractivity contribution < 1.29 is 9.47 Å². The zero-order valence-corrected chi connectivity index (χ0v) is 18.4. The van der Waals surface area contributed by atoms with Gasteiger partial charge in [0, 0.05) is 49.7 Å². The first kappa shape index (κ1) is 22.0. The maximum atomic E-state index is 5.75. The number of likely N-dealkylation sites (tertiary alicyclic amines) is 1. The molecule has 0 aliphatic carbocycles. The van der Waals surface area contributed by atoms with Gasteiger partial charge in [0.2, 0.25) is 0 Å². The predicted octanol–water partition coefficient (Wildman–Crippen LogP) is 3.13. The molecule has 2 fully saturated rings. The maximum Gasteiger partial charge on any atom is 0.194 e. The van der Waals surface area contributed by atoms with Crippen LogP contribution in [0.2, 0.25) is 0 Å². The highest BCUT2D eigenvalue weighted by Crippen LogP contribution is 2.46. The molecule has 2 rings (SSSR count). The Morgan fingerprint density at radius 2 is 2.08 bits per heavy atom. The molecule has 24 heavy (non-hydrogen) atoms. The molecule has 1 N–H and O–H groups in total. The molecular weight excluding hydrogens is 417 g/mol. The van der Waals surface area contributed by atoms with Crippen molar-refractivity contribution in [1.82, 2.24) is 10.2 Å². The monoisotopic (exact) mass is 453 g/mol. The Morgan fingerprint density at radius 3 is 2.62 bits per heavy atom. The van der Waals surface area contributed by atoms with E-state index in [0.717, 1.165) is 64.9 Å². The molecule has 0 aromatic carbocycles. The summed E-state index contributed by atoms with van der Waals surface area (Å²) in [4.78, 5) is 7.19. The van der Waals surface area contributed by atoms with Crippen LogP contribution < -0.4 is 5.32 Å². The number of halogens is 1. The third-order valence-electron chi connectivity index (χ3n) is 5.56. The molecule has 2 heterocycles. The van der Waals surface area contributed by atoms with Crippen molar-refractivity contribution >= 4 is 29.9 Å². The Hall–Kier alpha value is -0.0800. The quantitative estimate of drug-likeness (QED) is 0.279. The summed E-state index contributed by atoms with van der Waals surface area (Å²) in [6.07, 6.45) is 2.11. The van der Waals surface area contributed by atoms with Crippen LogP contribution >= 0.6 is 24.0 Å². The molecule has 2 saturated heterocycles. The van der Waals surface area contributed by atoms with Crippen molar-refractivity contribution in [1.29, 1.82) is 0 Å². The summed E-state index contributed by atoms with van der Waals surface area (Å²) < 4.78 is 11.1. The average Bonchev–Trinajstić information content (AvgIpc) is 3.00. The molecular formula is C18H36IN3O2. The van der Waals surface area contributed by atoms with Crippen molar-refractivity contribution in [3.05, 3.63) is 0 Å². The topological polar surface area (TPSA) is 46.1 Å². The van der Waals surface area contributed by atoms with Gasteiger partial charge in [-0.15, -0.1) is 24.0 Å². The van der Waals surface area contributed by atoms with Crippen LogP contribution in [-0.2, 0) is 9.47 Å². The van der Waals surface area contributed by atoms with Crippen LogP contribution in [0.1, 0.15) is 47.5 Å². The van der Waals surface area contributed by atoms with Gasteiger partial charge in [-0.05, 0) is 33.6 Å². The molecule has 6 heteroatoms. The maximum absolute atomic E-state index is 5.75. The molecule has 2 aliphatic rings. The third kappa shape index (κ3) is 5.21. The van der Waals surface area contributed by atoms with E-state index in [1.165, 1.54) is 0 Å². The lowest BCUT2D eigenvalue weighted by atomic mass is 9.65. The molecule has 0 spiro atoms. The minimum absolute atomic E-state index is 0. The second-order valence-electron chi connectivity index (χ2n) is 7.92. The van der Waals surface area contributed by atoms with Crippen LogP contribution in [-0.4, -0.2) is 62.5 Å². The van der Waals surface area contributed by atoms with Crippen LogP contribution in [0.5, 0.6) is 0 Å². The van der Waals surface area contributed by atoms with Crippen LogP contribution in [0, 0.1) is 11.3 Å². The van der Waals surface area contributed by atoms with Crippen molar-refractivity contribution in [3.63, 3.8) is 0 Å². The molecule has 0 amide bonds. The molecule has 0 bridgehead atoms. The fourth-order valence-electron chi connectivity index (χ4n) is 3.11. The third-order valence-corrected chi connectivity index (χ3v) is 5.56. The summed E-state index contributed by atoms with van der Waals surface area (Å²) in [6.45, 7) is 17.5. The van der Waals surface area contributed by atoms with Crippen LogP contribution in [0.25, 0.3) is 0 Å². The Kier molecular flexibility index (Phi) is 8.76. The van der Waals surface area contributed by atoms with Gasteiger partial charge >= 0.3 is 0 Å². The Bertz CT molecular complexity index is 407. The van der Waals surface area contributed by atoms with E-state index in [9.17, 15) is 0 Å². The van der Waals surface area contributed by atoms with Gasteiger partial charge in [0.15, 0.2) is 5.96 Å². The Morgan fingerprint density at radius 1 is 1.33 bits per heavy atom. The van der Waals surface area contributed by atoms with Gasteiger partial charge in [-0.3, -0.25) is 4.99 Å². The van der Waals surface area contributed by atoms with Gasteiger partial charge in [0.05, 0.1) is 13.2 Å². The fraction of sp³-hybridized carbons (Fsp3) is 0.944. The van der Waals surface area contributed by atoms with E-state index in [1.54, 1.807) is 0 Å². The molecule has 1 unspecified atom stereocenters. The van der Waals surface area contributed by atoms with Crippen LogP contribution in [0.15, 0.2) is 4.99 Å². The summed E-state index contributed by atoms with van der Waals surface area (Å²) in [5.74, 6) is 1.64. The van der Waals surface area contributed by atoms with Crippen LogP contribution in [0.3, 0.4) is 0 Å². The average molecular weight is 453 g/mol. The highest BCUT2D eigenvalue weighted by atomic mass is 127. The second-order valence-corrected chi connectivity index (χ2v) is 7.92. The number of hydrogen-bond donors (Lipinski definition) is 1. The number of ether oxygens (including phenoxy) is 2. The zero-order valence-electron chi connectivity index (χ0n) is 16.1. The van der Waals surface area contributed by atoms with Gasteiger partial charge in [-0.25, -0.2) is 0 Å². The molecule has 0 saturated carbocycles. The molecule has 0 radical (unpaired) electrons. The van der Waals surface area contributed by atoms with E-state index in [4.69, 9.17) is 14.5 Å². The largest absolute Gasteiger partial charge is 0.381 e. The summed E-state index contributed by atoms with van der Waals surface area (Å²) in [6, 6.07) is 0. The van der Waals surface area contributed by atoms with E-state index in [0.29, 0.717) is 11.3 Å². The van der Waals surface area contributed by atoms with Crippen molar-refractivity contribution in [2.75, 3.05) is 46.1 Å². The molecule has 2 aliphatic heterocycles. The van der Waals surface area contributed by atoms with Gasteiger partial charge in [-0.2, -0.15) is 0 Å². The highest BCUT2D eigenvalue weighted by molar-refractivity contribution is 14.0. The number of aliphatic imine (C=N–C) groups is 1. The summed E-state index contributed by atoms with van der Waals surface area (Å²) in [5, 5.41) is 3.43. The van der Waals surface area contributed by atoms with Crippen molar-refractivity contribution in [2.24, 2.45) is 16.3 Å². The number of rotatable bonds is 7. The lowest BCUT2D eigenvalue weighted by Crippen LogP contribution is -2.72. The number of nitrogens with zero attached hydrogens (tertiary/aromatic N) is 2. The first-order chi connectivity index (χ1) is 10.9. The summed E-state index contributed by atoms with van der Waals surface area (Å²) in [7, 11) is 0. The number of nitrogens with one attached hydrogen (secondary N) is 1. The number of hydrogen-bond acceptors (Lipinski definition) is 3. The van der Waals surface area contributed by atoms with E-state index in [2.05, 4.69) is 44.8 Å². The zero-order chi connectivity index (χ0) is 16.9. The van der Waals surface area contributed by atoms with E-state index < -0.39 is 0 Å². The highest BCUT2D eigenvalue weighted by Gasteiger charge is 2.53. The van der Waals surface area contributed by atoms with E-state index >= 15 is 0 Å². The van der Waals surface area contributed by atoms with Crippen molar-refractivity contribution in [3.8, 4) is 0 Å². The van der Waals surface area contributed by atoms with Crippen molar-refractivity contribution in [2.45, 2.75) is 53.0 Å². The second kappa shape index (κ2) is 9.57. The van der Waals surface area contributed by atoms with Gasteiger partial charge in [0.25, 0.3) is 0 Å². The molecule has 0 aromatic heterocycles.